The highest BCUT2D eigenvalue weighted by molar-refractivity contribution is 7.89. The van der Waals surface area contributed by atoms with Gasteiger partial charge in [-0.2, -0.15) is 0 Å². The van der Waals surface area contributed by atoms with E-state index < -0.39 is 10.0 Å². The number of hydrogen-bond donors (Lipinski definition) is 2. The van der Waals surface area contributed by atoms with Gasteiger partial charge in [-0.3, -0.25) is 0 Å². The van der Waals surface area contributed by atoms with E-state index in [0.29, 0.717) is 12.1 Å². The second-order valence-electron chi connectivity index (χ2n) is 4.12. The second kappa shape index (κ2) is 5.46. The van der Waals surface area contributed by atoms with Crippen LogP contribution in [0.1, 0.15) is 11.3 Å². The van der Waals surface area contributed by atoms with E-state index >= 15 is 0 Å². The van der Waals surface area contributed by atoms with Crippen molar-refractivity contribution in [1.82, 2.24) is 4.72 Å². The average molecular weight is 280 g/mol. The number of benzene rings is 1. The molecule has 102 valence electrons. The SMILES string of the molecule is CNS(=O)(=O)c1cc(NCc2ccco2)ccc1C. The van der Waals surface area contributed by atoms with Gasteiger partial charge in [-0.25, -0.2) is 13.1 Å². The summed E-state index contributed by atoms with van der Waals surface area (Å²) in [6.45, 7) is 2.27. The lowest BCUT2D eigenvalue weighted by atomic mass is 10.2. The first-order valence-corrected chi connectivity index (χ1v) is 7.32. The topological polar surface area (TPSA) is 71.3 Å². The molecule has 0 aliphatic heterocycles. The van der Waals surface area contributed by atoms with E-state index in [1.807, 2.05) is 18.2 Å². The van der Waals surface area contributed by atoms with Gasteiger partial charge in [0.2, 0.25) is 10.0 Å². The lowest BCUT2D eigenvalue weighted by molar-refractivity contribution is 0.518. The Morgan fingerprint density at radius 1 is 1.26 bits per heavy atom. The van der Waals surface area contributed by atoms with Gasteiger partial charge in [0, 0.05) is 5.69 Å². The number of aryl methyl sites for hydroxylation is 1. The molecule has 0 fully saturated rings. The Kier molecular flexibility index (Phi) is 3.92. The molecule has 0 saturated carbocycles. The molecule has 0 saturated heterocycles. The standard InChI is InChI=1S/C13H16N2O3S/c1-10-5-6-11(8-13(10)19(16,17)14-2)15-9-12-4-3-7-18-12/h3-8,14-15H,9H2,1-2H3. The molecule has 0 amide bonds. The second-order valence-corrected chi connectivity index (χ2v) is 5.98. The van der Waals surface area contributed by atoms with Crippen LogP contribution in [0.3, 0.4) is 0 Å². The number of anilines is 1. The molecule has 0 aliphatic carbocycles. The zero-order valence-electron chi connectivity index (χ0n) is 10.8. The molecule has 5 nitrogen and oxygen atoms in total. The number of sulfonamides is 1. The first kappa shape index (κ1) is 13.6. The van der Waals surface area contributed by atoms with Crippen LogP contribution >= 0.6 is 0 Å². The van der Waals surface area contributed by atoms with Crippen molar-refractivity contribution in [2.24, 2.45) is 0 Å². The van der Waals surface area contributed by atoms with Crippen molar-refractivity contribution in [1.29, 1.82) is 0 Å². The van der Waals surface area contributed by atoms with Gasteiger partial charge in [-0.15, -0.1) is 0 Å². The molecule has 1 heterocycles. The number of nitrogens with one attached hydrogen (secondary N) is 2. The van der Waals surface area contributed by atoms with Crippen LogP contribution < -0.4 is 10.0 Å². The summed E-state index contributed by atoms with van der Waals surface area (Å²) in [6.07, 6.45) is 1.60. The molecule has 0 aliphatic rings. The van der Waals surface area contributed by atoms with E-state index in [9.17, 15) is 8.42 Å². The Bertz CT molecular complexity index is 649. The lowest BCUT2D eigenvalue weighted by Gasteiger charge is -2.10. The minimum absolute atomic E-state index is 0.277. The van der Waals surface area contributed by atoms with Crippen LogP contribution in [-0.2, 0) is 16.6 Å². The van der Waals surface area contributed by atoms with Crippen LogP contribution in [0.5, 0.6) is 0 Å². The minimum Gasteiger partial charge on any atom is -0.467 e. The van der Waals surface area contributed by atoms with Crippen molar-refractivity contribution >= 4 is 15.7 Å². The van der Waals surface area contributed by atoms with E-state index in [0.717, 1.165) is 11.4 Å². The van der Waals surface area contributed by atoms with E-state index in [1.165, 1.54) is 7.05 Å². The van der Waals surface area contributed by atoms with Gasteiger partial charge in [0.15, 0.2) is 0 Å². The van der Waals surface area contributed by atoms with Crippen molar-refractivity contribution in [2.75, 3.05) is 12.4 Å². The largest absolute Gasteiger partial charge is 0.467 e. The summed E-state index contributed by atoms with van der Waals surface area (Å²) >= 11 is 0. The summed E-state index contributed by atoms with van der Waals surface area (Å²) in [7, 11) is -2.04. The highest BCUT2D eigenvalue weighted by Crippen LogP contribution is 2.20. The van der Waals surface area contributed by atoms with Gasteiger partial charge < -0.3 is 9.73 Å². The highest BCUT2D eigenvalue weighted by atomic mass is 32.2. The van der Waals surface area contributed by atoms with Crippen molar-refractivity contribution in [3.8, 4) is 0 Å². The molecule has 1 aromatic carbocycles. The van der Waals surface area contributed by atoms with Crippen LogP contribution in [-0.4, -0.2) is 15.5 Å². The third-order valence-electron chi connectivity index (χ3n) is 2.79. The fourth-order valence-corrected chi connectivity index (χ4v) is 2.71. The number of furan rings is 1. The molecule has 19 heavy (non-hydrogen) atoms. The summed E-state index contributed by atoms with van der Waals surface area (Å²) in [5.74, 6) is 0.790. The smallest absolute Gasteiger partial charge is 0.240 e. The molecule has 1 aromatic heterocycles. The minimum atomic E-state index is -3.44. The Morgan fingerprint density at radius 3 is 2.68 bits per heavy atom. The zero-order chi connectivity index (χ0) is 13.9. The molecule has 0 unspecified atom stereocenters. The molecule has 0 spiro atoms. The average Bonchev–Trinajstić information content (AvgIpc) is 2.91. The van der Waals surface area contributed by atoms with Gasteiger partial charge >= 0.3 is 0 Å². The Balaban J connectivity index is 2.21. The number of hydrogen-bond acceptors (Lipinski definition) is 4. The third kappa shape index (κ3) is 3.15. The highest BCUT2D eigenvalue weighted by Gasteiger charge is 2.14. The van der Waals surface area contributed by atoms with E-state index in [4.69, 9.17) is 4.42 Å². The fourth-order valence-electron chi connectivity index (χ4n) is 1.71. The van der Waals surface area contributed by atoms with E-state index in [2.05, 4.69) is 10.0 Å². The Labute approximate surface area is 112 Å². The van der Waals surface area contributed by atoms with Crippen LogP contribution in [0, 0.1) is 6.92 Å². The molecule has 2 N–H and O–H groups in total. The lowest BCUT2D eigenvalue weighted by Crippen LogP contribution is -2.19. The molecule has 0 atom stereocenters. The maximum Gasteiger partial charge on any atom is 0.240 e. The third-order valence-corrected chi connectivity index (χ3v) is 4.35. The van der Waals surface area contributed by atoms with E-state index in [1.54, 1.807) is 25.3 Å². The first-order chi connectivity index (χ1) is 9.03. The summed E-state index contributed by atoms with van der Waals surface area (Å²) < 4.78 is 31.2. The normalized spacial score (nSPS) is 11.5. The molecule has 2 rings (SSSR count). The van der Waals surface area contributed by atoms with Gasteiger partial charge in [0.1, 0.15) is 5.76 Å². The fraction of sp³-hybridized carbons (Fsp3) is 0.231. The van der Waals surface area contributed by atoms with Gasteiger partial charge in [0.25, 0.3) is 0 Å². The van der Waals surface area contributed by atoms with Gasteiger partial charge in [-0.1, -0.05) is 6.07 Å². The van der Waals surface area contributed by atoms with E-state index in [-0.39, 0.29) is 4.90 Å². The van der Waals surface area contributed by atoms with Crippen LogP contribution in [0.2, 0.25) is 0 Å². The molecule has 0 bridgehead atoms. The number of rotatable bonds is 5. The summed E-state index contributed by atoms with van der Waals surface area (Å²) in [5.41, 5.74) is 1.44. The van der Waals surface area contributed by atoms with Crippen LogP contribution in [0.25, 0.3) is 0 Å². The molecule has 0 radical (unpaired) electrons. The first-order valence-electron chi connectivity index (χ1n) is 5.83. The van der Waals surface area contributed by atoms with Crippen molar-refractivity contribution < 1.29 is 12.8 Å². The van der Waals surface area contributed by atoms with Crippen molar-refractivity contribution in [3.05, 3.63) is 47.9 Å². The molecular formula is C13H16N2O3S. The Morgan fingerprint density at radius 2 is 2.05 bits per heavy atom. The predicted molar refractivity (Wildman–Crippen MR) is 73.5 cm³/mol. The molecular weight excluding hydrogens is 264 g/mol. The van der Waals surface area contributed by atoms with Gasteiger partial charge in [-0.05, 0) is 43.8 Å². The van der Waals surface area contributed by atoms with Crippen LogP contribution in [0.15, 0.2) is 45.9 Å². The summed E-state index contributed by atoms with van der Waals surface area (Å²) in [6, 6.07) is 8.89. The zero-order valence-corrected chi connectivity index (χ0v) is 11.6. The Hall–Kier alpha value is -1.79. The van der Waals surface area contributed by atoms with Crippen LogP contribution in [0.4, 0.5) is 5.69 Å². The predicted octanol–water partition coefficient (Wildman–Crippen LogP) is 2.11. The maximum absolute atomic E-state index is 11.8. The summed E-state index contributed by atoms with van der Waals surface area (Å²) in [4.78, 5) is 0.277. The monoisotopic (exact) mass is 280 g/mol. The summed E-state index contributed by atoms with van der Waals surface area (Å²) in [5, 5.41) is 3.12. The maximum atomic E-state index is 11.8. The van der Waals surface area contributed by atoms with Gasteiger partial charge in [0.05, 0.1) is 17.7 Å². The van der Waals surface area contributed by atoms with Crippen molar-refractivity contribution in [3.63, 3.8) is 0 Å². The van der Waals surface area contributed by atoms with Crippen molar-refractivity contribution in [2.45, 2.75) is 18.4 Å². The quantitative estimate of drug-likeness (QED) is 0.880. The molecule has 6 heteroatoms. The molecule has 2 aromatic rings.